The molecule has 0 aliphatic rings. The molecule has 1 amide bonds. The van der Waals surface area contributed by atoms with Crippen molar-refractivity contribution >= 4 is 12.2 Å². The summed E-state index contributed by atoms with van der Waals surface area (Å²) in [7, 11) is 0. The molecule has 7 nitrogen and oxygen atoms in total. The van der Waals surface area contributed by atoms with E-state index in [1.165, 1.54) is 0 Å². The molecule has 31 heavy (non-hydrogen) atoms. The van der Waals surface area contributed by atoms with Gasteiger partial charge in [-0.25, -0.2) is 9.59 Å². The number of rotatable bonds is 16. The van der Waals surface area contributed by atoms with Gasteiger partial charge in [-0.2, -0.15) is 0 Å². The highest BCUT2D eigenvalue weighted by Crippen LogP contribution is 2.18. The summed E-state index contributed by atoms with van der Waals surface area (Å²) in [5.41, 5.74) is 0. The molecule has 0 bridgehead atoms. The molecule has 0 rings (SSSR count). The maximum Gasteiger partial charge on any atom is 0.508 e. The maximum absolute atomic E-state index is 12.0. The van der Waals surface area contributed by atoms with Gasteiger partial charge in [0.05, 0.1) is 0 Å². The summed E-state index contributed by atoms with van der Waals surface area (Å²) < 4.78 is 16.2. The van der Waals surface area contributed by atoms with E-state index in [1.807, 2.05) is 0 Å². The number of hydrogen-bond acceptors (Lipinski definition) is 6. The maximum atomic E-state index is 12.0. The van der Waals surface area contributed by atoms with E-state index in [2.05, 4.69) is 66.0 Å². The lowest BCUT2D eigenvalue weighted by molar-refractivity contribution is 0.0105. The van der Waals surface area contributed by atoms with Gasteiger partial charge in [-0.05, 0) is 49.4 Å². The average molecular weight is 445 g/mol. The van der Waals surface area contributed by atoms with E-state index in [0.717, 1.165) is 25.7 Å². The zero-order chi connectivity index (χ0) is 23.8. The minimum absolute atomic E-state index is 0.0532. The summed E-state index contributed by atoms with van der Waals surface area (Å²) >= 11 is 0. The van der Waals surface area contributed by atoms with E-state index in [4.69, 9.17) is 14.2 Å². The fraction of sp³-hybridized carbons (Fsp3) is 0.917. The molecule has 7 heteroatoms. The van der Waals surface area contributed by atoms with Crippen LogP contribution in [0.25, 0.3) is 0 Å². The molecule has 0 heterocycles. The number of alkyl carbamates (subject to hydrolysis) is 1. The predicted octanol–water partition coefficient (Wildman–Crippen LogP) is 5.38. The molecule has 0 unspecified atom stereocenters. The zero-order valence-corrected chi connectivity index (χ0v) is 21.2. The summed E-state index contributed by atoms with van der Waals surface area (Å²) in [5, 5.41) is 5.89. The van der Waals surface area contributed by atoms with E-state index in [1.54, 1.807) is 0 Å². The zero-order valence-electron chi connectivity index (χ0n) is 21.2. The van der Waals surface area contributed by atoms with Crippen molar-refractivity contribution in [2.45, 2.75) is 93.3 Å². The molecule has 0 aliphatic heterocycles. The first-order chi connectivity index (χ1) is 14.5. The largest absolute Gasteiger partial charge is 0.508 e. The highest BCUT2D eigenvalue weighted by atomic mass is 16.7. The fourth-order valence-electron chi connectivity index (χ4n) is 3.44. The van der Waals surface area contributed by atoms with Gasteiger partial charge in [-0.3, -0.25) is 0 Å². The van der Waals surface area contributed by atoms with Crippen molar-refractivity contribution in [1.82, 2.24) is 10.6 Å². The van der Waals surface area contributed by atoms with Crippen molar-refractivity contribution in [3.8, 4) is 0 Å². The number of carbonyl (C=O) groups is 2. The third kappa shape index (κ3) is 18.9. The van der Waals surface area contributed by atoms with E-state index in [0.29, 0.717) is 43.3 Å². The van der Waals surface area contributed by atoms with Crippen LogP contribution in [0, 0.1) is 23.7 Å². The summed E-state index contributed by atoms with van der Waals surface area (Å²) in [5.74, 6) is 1.89. The van der Waals surface area contributed by atoms with Crippen LogP contribution in [0.15, 0.2) is 0 Å². The van der Waals surface area contributed by atoms with E-state index < -0.39 is 6.16 Å². The number of nitrogens with one attached hydrogen (secondary N) is 2. The van der Waals surface area contributed by atoms with Crippen LogP contribution in [0.2, 0.25) is 0 Å². The van der Waals surface area contributed by atoms with Crippen LogP contribution in [0.1, 0.15) is 81.1 Å². The highest BCUT2D eigenvalue weighted by Gasteiger charge is 2.19. The van der Waals surface area contributed by atoms with Crippen molar-refractivity contribution < 1.29 is 23.8 Å². The molecular formula is C24H48N2O5. The molecular weight excluding hydrogens is 396 g/mol. The van der Waals surface area contributed by atoms with Gasteiger partial charge in [0.2, 0.25) is 0 Å². The Hall–Kier alpha value is -1.50. The second-order valence-electron chi connectivity index (χ2n) is 10.1. The van der Waals surface area contributed by atoms with E-state index in [-0.39, 0.29) is 24.9 Å². The molecule has 0 radical (unpaired) electrons. The lowest BCUT2D eigenvalue weighted by Gasteiger charge is -2.21. The SMILES string of the molecule is CC(C)CC(CC(C)C)OC(=O)NCCNCCOC(=O)OC(CC(C)C)CC(C)C. The van der Waals surface area contributed by atoms with Crippen molar-refractivity contribution in [2.24, 2.45) is 23.7 Å². The topological polar surface area (TPSA) is 85.9 Å². The first-order valence-electron chi connectivity index (χ1n) is 12.0. The van der Waals surface area contributed by atoms with Crippen molar-refractivity contribution in [2.75, 3.05) is 26.2 Å². The highest BCUT2D eigenvalue weighted by molar-refractivity contribution is 5.67. The first kappa shape index (κ1) is 29.5. The first-order valence-corrected chi connectivity index (χ1v) is 12.0. The quantitative estimate of drug-likeness (QED) is 0.246. The Morgan fingerprint density at radius 3 is 1.55 bits per heavy atom. The normalized spacial score (nSPS) is 11.8. The van der Waals surface area contributed by atoms with E-state index >= 15 is 0 Å². The van der Waals surface area contributed by atoms with Gasteiger partial charge in [0.1, 0.15) is 18.8 Å². The molecule has 0 aliphatic carbocycles. The van der Waals surface area contributed by atoms with Crippen LogP contribution >= 0.6 is 0 Å². The second-order valence-corrected chi connectivity index (χ2v) is 10.1. The molecule has 0 aromatic heterocycles. The summed E-state index contributed by atoms with van der Waals surface area (Å²) in [4.78, 5) is 23.9. The number of amides is 1. The monoisotopic (exact) mass is 444 g/mol. The Bertz CT molecular complexity index is 419. The summed E-state index contributed by atoms with van der Waals surface area (Å²) in [6, 6.07) is 0. The summed E-state index contributed by atoms with van der Waals surface area (Å²) in [6.07, 6.45) is 2.25. The van der Waals surface area contributed by atoms with Gasteiger partial charge in [-0.15, -0.1) is 0 Å². The van der Waals surface area contributed by atoms with Crippen molar-refractivity contribution in [3.63, 3.8) is 0 Å². The molecule has 0 spiro atoms. The van der Waals surface area contributed by atoms with Crippen molar-refractivity contribution in [3.05, 3.63) is 0 Å². The van der Waals surface area contributed by atoms with Crippen LogP contribution in [0.3, 0.4) is 0 Å². The van der Waals surface area contributed by atoms with Gasteiger partial charge in [-0.1, -0.05) is 55.4 Å². The minimum Gasteiger partial charge on any atom is -0.446 e. The molecule has 0 saturated carbocycles. The average Bonchev–Trinajstić information content (AvgIpc) is 2.58. The Kier molecular flexibility index (Phi) is 16.3. The predicted molar refractivity (Wildman–Crippen MR) is 125 cm³/mol. The molecule has 2 N–H and O–H groups in total. The lowest BCUT2D eigenvalue weighted by atomic mass is 9.98. The van der Waals surface area contributed by atoms with Gasteiger partial charge in [0.25, 0.3) is 0 Å². The van der Waals surface area contributed by atoms with Crippen LogP contribution in [-0.2, 0) is 14.2 Å². The third-order valence-electron chi connectivity index (χ3n) is 4.54. The third-order valence-corrected chi connectivity index (χ3v) is 4.54. The minimum atomic E-state index is -0.615. The Morgan fingerprint density at radius 1 is 0.645 bits per heavy atom. The van der Waals surface area contributed by atoms with Gasteiger partial charge < -0.3 is 24.8 Å². The van der Waals surface area contributed by atoms with Gasteiger partial charge in [0, 0.05) is 19.6 Å². The second kappa shape index (κ2) is 17.1. The van der Waals surface area contributed by atoms with Gasteiger partial charge >= 0.3 is 12.2 Å². The molecule has 0 fully saturated rings. The molecule has 0 aromatic carbocycles. The van der Waals surface area contributed by atoms with E-state index in [9.17, 15) is 9.59 Å². The number of ether oxygens (including phenoxy) is 3. The Morgan fingerprint density at radius 2 is 1.10 bits per heavy atom. The van der Waals surface area contributed by atoms with Crippen LogP contribution in [0.4, 0.5) is 9.59 Å². The van der Waals surface area contributed by atoms with Gasteiger partial charge in [0.15, 0.2) is 0 Å². The lowest BCUT2D eigenvalue weighted by Crippen LogP contribution is -2.36. The fourth-order valence-corrected chi connectivity index (χ4v) is 3.44. The summed E-state index contributed by atoms with van der Waals surface area (Å²) in [6.45, 7) is 18.7. The number of carbonyl (C=O) groups excluding carboxylic acids is 2. The Labute approximate surface area is 190 Å². The Balaban J connectivity index is 3.95. The molecule has 0 saturated heterocycles. The number of hydrogen-bond donors (Lipinski definition) is 2. The van der Waals surface area contributed by atoms with Crippen LogP contribution in [0.5, 0.6) is 0 Å². The smallest absolute Gasteiger partial charge is 0.446 e. The molecule has 0 atom stereocenters. The van der Waals surface area contributed by atoms with Crippen LogP contribution < -0.4 is 10.6 Å². The van der Waals surface area contributed by atoms with Crippen molar-refractivity contribution in [1.29, 1.82) is 0 Å². The molecule has 0 aromatic rings. The standard InChI is InChI=1S/C24H48N2O5/c1-17(2)13-21(14-18(3)4)30-23(27)26-10-9-25-11-12-29-24(28)31-22(15-19(5)6)16-20(7)8/h17-22,25H,9-16H2,1-8H3,(H,26,27). The van der Waals surface area contributed by atoms with Crippen LogP contribution in [-0.4, -0.2) is 50.7 Å². The molecule has 184 valence electrons.